The quantitative estimate of drug-likeness (QED) is 0.419. The van der Waals surface area contributed by atoms with E-state index >= 15 is 0 Å². The Hall–Kier alpha value is -3.28. The van der Waals surface area contributed by atoms with E-state index in [1.807, 2.05) is 51.1 Å². The van der Waals surface area contributed by atoms with Crippen LogP contribution in [0.3, 0.4) is 0 Å². The number of ether oxygens (including phenoxy) is 2. The van der Waals surface area contributed by atoms with E-state index in [2.05, 4.69) is 10.6 Å². The summed E-state index contributed by atoms with van der Waals surface area (Å²) in [5.41, 5.74) is 5.24. The Balaban J connectivity index is 1.78. The number of carboxylic acids is 1. The predicted octanol–water partition coefficient (Wildman–Crippen LogP) is 6.58. The molecular formula is C30H35NO5. The summed E-state index contributed by atoms with van der Waals surface area (Å²) in [5.74, 6) is -0.638. The molecule has 0 radical (unpaired) electrons. The molecule has 36 heavy (non-hydrogen) atoms. The number of carbonyl (C=O) groups is 2. The van der Waals surface area contributed by atoms with Gasteiger partial charge in [-0.15, -0.1) is 0 Å². The largest absolute Gasteiger partial charge is 0.497 e. The molecule has 6 nitrogen and oxygen atoms in total. The number of esters is 1. The molecule has 1 aliphatic heterocycles. The van der Waals surface area contributed by atoms with Crippen LogP contribution in [0.2, 0.25) is 0 Å². The first-order valence-electron chi connectivity index (χ1n) is 13.0. The molecule has 2 aromatic carbocycles. The van der Waals surface area contributed by atoms with Gasteiger partial charge >= 0.3 is 11.9 Å². The predicted molar refractivity (Wildman–Crippen MR) is 140 cm³/mol. The Bertz CT molecular complexity index is 1320. The zero-order valence-corrected chi connectivity index (χ0v) is 21.6. The summed E-state index contributed by atoms with van der Waals surface area (Å²) in [6.45, 7) is 5.92. The van der Waals surface area contributed by atoms with Gasteiger partial charge in [0.15, 0.2) is 0 Å². The topological polar surface area (TPSA) is 77.8 Å². The van der Waals surface area contributed by atoms with Gasteiger partial charge in [-0.2, -0.15) is 0 Å². The molecule has 0 bridgehead atoms. The van der Waals surface area contributed by atoms with Crippen molar-refractivity contribution in [2.45, 2.75) is 77.4 Å². The average molecular weight is 490 g/mol. The lowest BCUT2D eigenvalue weighted by Crippen LogP contribution is -2.24. The van der Waals surface area contributed by atoms with Crippen molar-refractivity contribution in [3.8, 4) is 17.0 Å². The first-order valence-corrected chi connectivity index (χ1v) is 13.0. The normalized spacial score (nSPS) is 18.3. The van der Waals surface area contributed by atoms with Crippen molar-refractivity contribution in [2.24, 2.45) is 5.92 Å². The molecular weight excluding hydrogens is 454 g/mol. The minimum Gasteiger partial charge on any atom is -0.497 e. The van der Waals surface area contributed by atoms with Crippen LogP contribution >= 0.6 is 0 Å². The SMILES string of the molecule is COc1ccc2c(c1)CC(C(=O)O)Cn1c-2c(C2CCCCC2)c2ccc(C(=O)OC(C)(C)C)cc21. The molecule has 1 N–H and O–H groups in total. The lowest BCUT2D eigenvalue weighted by molar-refractivity contribution is -0.142. The minimum atomic E-state index is -0.819. The molecule has 6 heteroatoms. The Morgan fingerprint density at radius 3 is 2.44 bits per heavy atom. The number of aromatic nitrogens is 1. The molecule has 1 aromatic heterocycles. The highest BCUT2D eigenvalue weighted by Crippen LogP contribution is 2.47. The zero-order chi connectivity index (χ0) is 25.6. The molecule has 0 amide bonds. The van der Waals surface area contributed by atoms with Crippen LogP contribution in [0.4, 0.5) is 0 Å². The Morgan fingerprint density at radius 1 is 1.03 bits per heavy atom. The van der Waals surface area contributed by atoms with E-state index in [-0.39, 0.29) is 5.97 Å². The van der Waals surface area contributed by atoms with Crippen molar-refractivity contribution in [1.29, 1.82) is 0 Å². The Labute approximate surface area is 212 Å². The van der Waals surface area contributed by atoms with Crippen LogP contribution in [0.15, 0.2) is 36.4 Å². The van der Waals surface area contributed by atoms with Crippen LogP contribution in [0.25, 0.3) is 22.2 Å². The maximum absolute atomic E-state index is 13.0. The molecule has 5 rings (SSSR count). The maximum Gasteiger partial charge on any atom is 0.338 e. The molecule has 3 aromatic rings. The van der Waals surface area contributed by atoms with Crippen molar-refractivity contribution >= 4 is 22.8 Å². The van der Waals surface area contributed by atoms with Crippen LogP contribution in [0.1, 0.15) is 80.3 Å². The van der Waals surface area contributed by atoms with Gasteiger partial charge in [0.2, 0.25) is 0 Å². The lowest BCUT2D eigenvalue weighted by Gasteiger charge is -2.24. The van der Waals surface area contributed by atoms with Crippen molar-refractivity contribution in [3.05, 3.63) is 53.1 Å². The average Bonchev–Trinajstić information content (AvgIpc) is 3.05. The van der Waals surface area contributed by atoms with Gasteiger partial charge in [0, 0.05) is 23.0 Å². The fraction of sp³-hybridized carbons (Fsp3) is 0.467. The number of nitrogens with zero attached hydrogens (tertiary/aromatic N) is 1. The highest BCUT2D eigenvalue weighted by atomic mass is 16.6. The van der Waals surface area contributed by atoms with Crippen molar-refractivity contribution < 1.29 is 24.2 Å². The zero-order valence-electron chi connectivity index (χ0n) is 21.6. The second-order valence-electron chi connectivity index (χ2n) is 11.2. The van der Waals surface area contributed by atoms with Crippen LogP contribution in [-0.4, -0.2) is 34.3 Å². The van der Waals surface area contributed by atoms with E-state index in [0.29, 0.717) is 24.4 Å². The van der Waals surface area contributed by atoms with Gasteiger partial charge in [-0.25, -0.2) is 4.79 Å². The number of fused-ring (bicyclic) bond motifs is 5. The third-order valence-corrected chi connectivity index (χ3v) is 7.54. The molecule has 2 aliphatic rings. The third-order valence-electron chi connectivity index (χ3n) is 7.54. The maximum atomic E-state index is 13.0. The molecule has 1 atom stereocenters. The number of hydrogen-bond acceptors (Lipinski definition) is 4. The summed E-state index contributed by atoms with van der Waals surface area (Å²) in [5, 5.41) is 11.2. The van der Waals surface area contributed by atoms with Gasteiger partial charge in [0.05, 0.1) is 24.3 Å². The van der Waals surface area contributed by atoms with Crippen LogP contribution < -0.4 is 4.74 Å². The smallest absolute Gasteiger partial charge is 0.338 e. The highest BCUT2D eigenvalue weighted by Gasteiger charge is 2.33. The molecule has 0 spiro atoms. The third kappa shape index (κ3) is 4.49. The van der Waals surface area contributed by atoms with E-state index < -0.39 is 17.5 Å². The van der Waals surface area contributed by atoms with Crippen molar-refractivity contribution in [1.82, 2.24) is 4.57 Å². The van der Waals surface area contributed by atoms with E-state index in [1.54, 1.807) is 7.11 Å². The number of hydrogen-bond donors (Lipinski definition) is 1. The number of rotatable bonds is 4. The van der Waals surface area contributed by atoms with Gasteiger partial charge in [0.1, 0.15) is 11.4 Å². The number of carboxylic acid groups (broad SMARTS) is 1. The second kappa shape index (κ2) is 9.30. The van der Waals surface area contributed by atoms with E-state index in [0.717, 1.165) is 46.3 Å². The number of aliphatic carboxylic acids is 1. The fourth-order valence-electron chi connectivity index (χ4n) is 5.94. The Kier molecular flexibility index (Phi) is 6.31. The standard InChI is InChI=1S/C30H35NO5/c1-30(2,3)36-29(34)19-10-12-24-25(16-19)31-17-21(28(32)33)14-20-15-22(35-4)11-13-23(20)27(31)26(24)18-8-6-5-7-9-18/h10-13,15-16,18,21H,5-9,14,17H2,1-4H3,(H,32,33). The molecule has 1 aliphatic carbocycles. The van der Waals surface area contributed by atoms with Crippen LogP contribution in [0.5, 0.6) is 5.75 Å². The molecule has 190 valence electrons. The molecule has 2 heterocycles. The van der Waals surface area contributed by atoms with Crippen molar-refractivity contribution in [2.75, 3.05) is 7.11 Å². The lowest BCUT2D eigenvalue weighted by atomic mass is 9.81. The molecule has 1 unspecified atom stereocenters. The van der Waals surface area contributed by atoms with Crippen molar-refractivity contribution in [3.63, 3.8) is 0 Å². The monoisotopic (exact) mass is 489 g/mol. The summed E-state index contributed by atoms with van der Waals surface area (Å²) in [7, 11) is 1.63. The molecule has 1 fully saturated rings. The summed E-state index contributed by atoms with van der Waals surface area (Å²) in [6, 6.07) is 11.8. The van der Waals surface area contributed by atoms with E-state index in [9.17, 15) is 14.7 Å². The van der Waals surface area contributed by atoms with Gasteiger partial charge in [-0.3, -0.25) is 4.79 Å². The van der Waals surface area contributed by atoms with Gasteiger partial charge in [-0.05, 0) is 87.4 Å². The minimum absolute atomic E-state index is 0.350. The van der Waals surface area contributed by atoms with E-state index in [4.69, 9.17) is 9.47 Å². The number of benzene rings is 2. The van der Waals surface area contributed by atoms with Gasteiger partial charge in [0.25, 0.3) is 0 Å². The second-order valence-corrected chi connectivity index (χ2v) is 11.2. The first kappa shape index (κ1) is 24.4. The number of carbonyl (C=O) groups excluding carboxylic acids is 1. The molecule has 0 saturated heterocycles. The van der Waals surface area contributed by atoms with E-state index in [1.165, 1.54) is 24.8 Å². The number of methoxy groups -OCH3 is 1. The highest BCUT2D eigenvalue weighted by molar-refractivity contribution is 5.99. The Morgan fingerprint density at radius 2 is 1.78 bits per heavy atom. The summed E-state index contributed by atoms with van der Waals surface area (Å²) >= 11 is 0. The summed E-state index contributed by atoms with van der Waals surface area (Å²) in [4.78, 5) is 25.3. The summed E-state index contributed by atoms with van der Waals surface area (Å²) in [6.07, 6.45) is 6.31. The first-order chi connectivity index (χ1) is 17.2. The fourth-order valence-corrected chi connectivity index (χ4v) is 5.94. The van der Waals surface area contributed by atoms with Gasteiger partial charge < -0.3 is 19.1 Å². The van der Waals surface area contributed by atoms with Crippen LogP contribution in [0, 0.1) is 5.92 Å². The van der Waals surface area contributed by atoms with Gasteiger partial charge in [-0.1, -0.05) is 25.3 Å². The summed E-state index contributed by atoms with van der Waals surface area (Å²) < 4.78 is 13.3. The van der Waals surface area contributed by atoms with Crippen LogP contribution in [-0.2, 0) is 22.5 Å². The molecule has 1 saturated carbocycles.